The Morgan fingerprint density at radius 1 is 1.27 bits per heavy atom. The summed E-state index contributed by atoms with van der Waals surface area (Å²) in [5, 5.41) is 7.54. The van der Waals surface area contributed by atoms with E-state index in [9.17, 15) is 0 Å². The lowest BCUT2D eigenvalue weighted by molar-refractivity contribution is 0.416. The Labute approximate surface area is 97.5 Å². The smallest absolute Gasteiger partial charge is 0.129 e. The summed E-state index contributed by atoms with van der Waals surface area (Å²) in [6.45, 7) is 1.85. The SMILES string of the molecule is COc1csc(CNCc2cccs2)c1. The second-order valence-electron chi connectivity index (χ2n) is 3.14. The standard InChI is InChI=1S/C11H13NOS2/c1-13-9-5-11(15-8-9)7-12-6-10-3-2-4-14-10/h2-5,8,12H,6-7H2,1H3. The maximum Gasteiger partial charge on any atom is 0.129 e. The molecule has 0 atom stereocenters. The van der Waals surface area contributed by atoms with Crippen LogP contribution < -0.4 is 10.1 Å². The summed E-state index contributed by atoms with van der Waals surface area (Å²) in [6, 6.07) is 6.30. The van der Waals surface area contributed by atoms with Crippen LogP contribution in [0.4, 0.5) is 0 Å². The van der Waals surface area contributed by atoms with E-state index >= 15 is 0 Å². The summed E-state index contributed by atoms with van der Waals surface area (Å²) in [6.07, 6.45) is 0. The highest BCUT2D eigenvalue weighted by molar-refractivity contribution is 7.10. The van der Waals surface area contributed by atoms with Crippen molar-refractivity contribution in [1.29, 1.82) is 0 Å². The molecule has 2 nitrogen and oxygen atoms in total. The predicted molar refractivity (Wildman–Crippen MR) is 65.7 cm³/mol. The molecule has 0 saturated heterocycles. The number of hydrogen-bond donors (Lipinski definition) is 1. The molecule has 0 amide bonds. The van der Waals surface area contributed by atoms with Crippen molar-refractivity contribution < 1.29 is 4.74 Å². The van der Waals surface area contributed by atoms with Crippen molar-refractivity contribution in [3.8, 4) is 5.75 Å². The number of nitrogens with one attached hydrogen (secondary N) is 1. The monoisotopic (exact) mass is 239 g/mol. The van der Waals surface area contributed by atoms with Crippen molar-refractivity contribution in [3.63, 3.8) is 0 Å². The first-order valence-corrected chi connectivity index (χ1v) is 6.49. The van der Waals surface area contributed by atoms with Gasteiger partial charge in [0.05, 0.1) is 7.11 Å². The van der Waals surface area contributed by atoms with E-state index in [1.54, 1.807) is 29.8 Å². The fraction of sp³-hybridized carbons (Fsp3) is 0.273. The Bertz CT molecular complexity index is 394. The molecule has 0 aliphatic heterocycles. The molecule has 2 heterocycles. The third-order valence-corrected chi connectivity index (χ3v) is 3.84. The maximum absolute atomic E-state index is 5.13. The van der Waals surface area contributed by atoms with Crippen LogP contribution in [0.1, 0.15) is 9.75 Å². The average Bonchev–Trinajstić information content (AvgIpc) is 2.88. The molecule has 0 aliphatic rings. The molecule has 0 fully saturated rings. The van der Waals surface area contributed by atoms with Gasteiger partial charge < -0.3 is 10.1 Å². The number of rotatable bonds is 5. The van der Waals surface area contributed by atoms with Crippen LogP contribution in [0.5, 0.6) is 5.75 Å². The topological polar surface area (TPSA) is 21.3 Å². The van der Waals surface area contributed by atoms with Gasteiger partial charge in [-0.2, -0.15) is 0 Å². The van der Waals surface area contributed by atoms with Gasteiger partial charge in [-0.25, -0.2) is 0 Å². The van der Waals surface area contributed by atoms with Crippen molar-refractivity contribution >= 4 is 22.7 Å². The fourth-order valence-electron chi connectivity index (χ4n) is 1.28. The lowest BCUT2D eigenvalue weighted by Crippen LogP contribution is -2.10. The molecule has 0 radical (unpaired) electrons. The zero-order chi connectivity index (χ0) is 10.5. The third-order valence-electron chi connectivity index (χ3n) is 2.04. The molecular weight excluding hydrogens is 226 g/mol. The number of hydrogen-bond acceptors (Lipinski definition) is 4. The summed E-state index contributed by atoms with van der Waals surface area (Å²) >= 11 is 3.51. The Morgan fingerprint density at radius 2 is 2.13 bits per heavy atom. The van der Waals surface area contributed by atoms with Crippen LogP contribution in [0.15, 0.2) is 29.0 Å². The molecule has 2 aromatic heterocycles. The fourth-order valence-corrected chi connectivity index (χ4v) is 2.76. The predicted octanol–water partition coefficient (Wildman–Crippen LogP) is 3.11. The third kappa shape index (κ3) is 3.06. The van der Waals surface area contributed by atoms with Gasteiger partial charge >= 0.3 is 0 Å². The second-order valence-corrected chi connectivity index (χ2v) is 5.16. The molecule has 0 aliphatic carbocycles. The van der Waals surface area contributed by atoms with E-state index in [0.29, 0.717) is 0 Å². The summed E-state index contributed by atoms with van der Waals surface area (Å²) in [4.78, 5) is 2.68. The van der Waals surface area contributed by atoms with E-state index in [1.165, 1.54) is 9.75 Å². The summed E-state index contributed by atoms with van der Waals surface area (Å²) in [5.74, 6) is 0.952. The molecule has 80 valence electrons. The van der Waals surface area contributed by atoms with Crippen molar-refractivity contribution in [2.24, 2.45) is 0 Å². The second kappa shape index (κ2) is 5.30. The van der Waals surface area contributed by atoms with Crippen LogP contribution in [0, 0.1) is 0 Å². The molecule has 0 spiro atoms. The van der Waals surface area contributed by atoms with Gasteiger partial charge in [0.25, 0.3) is 0 Å². The molecule has 2 aromatic rings. The summed E-state index contributed by atoms with van der Waals surface area (Å²) in [7, 11) is 1.70. The highest BCUT2D eigenvalue weighted by Crippen LogP contribution is 2.20. The van der Waals surface area contributed by atoms with E-state index in [0.717, 1.165) is 18.8 Å². The van der Waals surface area contributed by atoms with E-state index in [-0.39, 0.29) is 0 Å². The number of methoxy groups -OCH3 is 1. The van der Waals surface area contributed by atoms with Crippen LogP contribution in [-0.2, 0) is 13.1 Å². The van der Waals surface area contributed by atoms with Gasteiger partial charge in [-0.15, -0.1) is 22.7 Å². The van der Waals surface area contributed by atoms with E-state index in [2.05, 4.69) is 28.9 Å². The molecule has 2 rings (SSSR count). The quantitative estimate of drug-likeness (QED) is 0.865. The van der Waals surface area contributed by atoms with Crippen LogP contribution in [0.3, 0.4) is 0 Å². The molecule has 0 unspecified atom stereocenters. The highest BCUT2D eigenvalue weighted by atomic mass is 32.1. The van der Waals surface area contributed by atoms with Crippen LogP contribution in [0.2, 0.25) is 0 Å². The minimum absolute atomic E-state index is 0.909. The first-order valence-electron chi connectivity index (χ1n) is 4.73. The lowest BCUT2D eigenvalue weighted by atomic mass is 10.4. The Kier molecular flexibility index (Phi) is 3.77. The molecule has 1 N–H and O–H groups in total. The molecule has 0 aromatic carbocycles. The van der Waals surface area contributed by atoms with Gasteiger partial charge in [0.2, 0.25) is 0 Å². The van der Waals surface area contributed by atoms with Crippen molar-refractivity contribution in [3.05, 3.63) is 38.7 Å². The first kappa shape index (κ1) is 10.7. The van der Waals surface area contributed by atoms with Gasteiger partial charge in [-0.05, 0) is 17.5 Å². The normalized spacial score (nSPS) is 10.5. The van der Waals surface area contributed by atoms with Crippen LogP contribution in [-0.4, -0.2) is 7.11 Å². The van der Waals surface area contributed by atoms with Gasteiger partial charge in [-0.3, -0.25) is 0 Å². The first-order chi connectivity index (χ1) is 7.38. The van der Waals surface area contributed by atoms with Gasteiger partial charge in [0.15, 0.2) is 0 Å². The van der Waals surface area contributed by atoms with E-state index in [4.69, 9.17) is 4.74 Å². The Hall–Kier alpha value is -0.840. The van der Waals surface area contributed by atoms with Crippen molar-refractivity contribution in [2.75, 3.05) is 7.11 Å². The number of thiophene rings is 2. The Morgan fingerprint density at radius 3 is 2.80 bits per heavy atom. The maximum atomic E-state index is 5.13. The zero-order valence-electron chi connectivity index (χ0n) is 8.53. The minimum atomic E-state index is 0.909. The molecule has 15 heavy (non-hydrogen) atoms. The molecule has 0 bridgehead atoms. The van der Waals surface area contributed by atoms with Crippen molar-refractivity contribution in [1.82, 2.24) is 5.32 Å². The van der Waals surface area contributed by atoms with Gasteiger partial charge in [0.1, 0.15) is 5.75 Å². The largest absolute Gasteiger partial charge is 0.496 e. The summed E-state index contributed by atoms with van der Waals surface area (Å²) in [5.41, 5.74) is 0. The van der Waals surface area contributed by atoms with Gasteiger partial charge in [0, 0.05) is 28.2 Å². The Balaban J connectivity index is 1.78. The molecule has 4 heteroatoms. The van der Waals surface area contributed by atoms with E-state index in [1.807, 2.05) is 5.38 Å². The zero-order valence-corrected chi connectivity index (χ0v) is 10.2. The van der Waals surface area contributed by atoms with Crippen LogP contribution >= 0.6 is 22.7 Å². The van der Waals surface area contributed by atoms with E-state index < -0.39 is 0 Å². The van der Waals surface area contributed by atoms with Crippen molar-refractivity contribution in [2.45, 2.75) is 13.1 Å². The minimum Gasteiger partial charge on any atom is -0.496 e. The van der Waals surface area contributed by atoms with Crippen LogP contribution in [0.25, 0.3) is 0 Å². The average molecular weight is 239 g/mol. The van der Waals surface area contributed by atoms with Gasteiger partial charge in [-0.1, -0.05) is 6.07 Å². The lowest BCUT2D eigenvalue weighted by Gasteiger charge is -1.99. The summed E-state index contributed by atoms with van der Waals surface area (Å²) < 4.78 is 5.13. The highest BCUT2D eigenvalue weighted by Gasteiger charge is 1.99. The molecular formula is C11H13NOS2. The number of ether oxygens (including phenoxy) is 1. The molecule has 0 saturated carbocycles.